The summed E-state index contributed by atoms with van der Waals surface area (Å²) in [4.78, 5) is 15.0. The summed E-state index contributed by atoms with van der Waals surface area (Å²) in [6, 6.07) is 0. The molecule has 21 heavy (non-hydrogen) atoms. The number of nitrogens with zero attached hydrogens (tertiary/aromatic N) is 1. The second-order valence-corrected chi connectivity index (χ2v) is 7.33. The molecule has 0 aliphatic carbocycles. The monoisotopic (exact) mass is 329 g/mol. The van der Waals surface area contributed by atoms with Crippen LogP contribution in [0.4, 0.5) is 10.7 Å². The van der Waals surface area contributed by atoms with Crippen LogP contribution in [0.1, 0.15) is 30.4 Å². The molecule has 1 fully saturated rings. The van der Waals surface area contributed by atoms with Gasteiger partial charge in [-0.05, 0) is 20.8 Å². The maximum Gasteiger partial charge on any atom is 0.263 e. The number of amides is 1. The van der Waals surface area contributed by atoms with Crippen LogP contribution >= 0.6 is 23.1 Å². The van der Waals surface area contributed by atoms with Crippen molar-refractivity contribution < 1.29 is 9.53 Å². The Morgan fingerprint density at radius 1 is 1.43 bits per heavy atom. The summed E-state index contributed by atoms with van der Waals surface area (Å²) in [5, 5.41) is 3.80. The van der Waals surface area contributed by atoms with E-state index in [4.69, 9.17) is 10.5 Å². The van der Waals surface area contributed by atoms with Crippen LogP contribution in [-0.2, 0) is 0 Å². The first kappa shape index (κ1) is 16.3. The molecule has 7 heteroatoms. The van der Waals surface area contributed by atoms with Gasteiger partial charge >= 0.3 is 0 Å². The fraction of sp³-hybridized carbons (Fsp3) is 0.643. The molecule has 1 aromatic heterocycles. The standard InChI is InChI=1S/C14H23N3O2S2/c1-4-16-13(18)12-10(15)11(19-9(2)3)14(21-12)17-5-7-20-8-6-17/h9H,4-8,15H2,1-3H3,(H,16,18). The zero-order valence-corrected chi connectivity index (χ0v) is 14.4. The maximum atomic E-state index is 12.1. The van der Waals surface area contributed by atoms with E-state index in [0.29, 0.717) is 22.9 Å². The zero-order valence-electron chi connectivity index (χ0n) is 12.8. The lowest BCUT2D eigenvalue weighted by molar-refractivity contribution is 0.0960. The Morgan fingerprint density at radius 2 is 2.10 bits per heavy atom. The van der Waals surface area contributed by atoms with Crippen LogP contribution in [0.2, 0.25) is 0 Å². The third-order valence-corrected chi connectivity index (χ3v) is 5.27. The van der Waals surface area contributed by atoms with Crippen LogP contribution in [0.15, 0.2) is 0 Å². The van der Waals surface area contributed by atoms with Crippen molar-refractivity contribution in [2.24, 2.45) is 0 Å². The van der Waals surface area contributed by atoms with Gasteiger partial charge in [0.05, 0.1) is 6.10 Å². The number of thiophene rings is 1. The summed E-state index contributed by atoms with van der Waals surface area (Å²) < 4.78 is 5.90. The second-order valence-electron chi connectivity index (χ2n) is 5.10. The quantitative estimate of drug-likeness (QED) is 0.868. The first-order chi connectivity index (χ1) is 10.0. The van der Waals surface area contributed by atoms with Crippen molar-refractivity contribution in [3.63, 3.8) is 0 Å². The Hall–Kier alpha value is -1.08. The number of thioether (sulfide) groups is 1. The summed E-state index contributed by atoms with van der Waals surface area (Å²) in [7, 11) is 0. The molecule has 0 spiro atoms. The molecule has 5 nitrogen and oxygen atoms in total. The number of nitrogens with two attached hydrogens (primary N) is 1. The van der Waals surface area contributed by atoms with Crippen molar-refractivity contribution >= 4 is 39.7 Å². The Kier molecular flexibility index (Phi) is 5.64. The van der Waals surface area contributed by atoms with Gasteiger partial charge in [0.1, 0.15) is 15.6 Å². The predicted molar refractivity (Wildman–Crippen MR) is 92.0 cm³/mol. The molecular weight excluding hydrogens is 306 g/mol. The number of nitrogen functional groups attached to an aromatic ring is 1. The highest BCUT2D eigenvalue weighted by Crippen LogP contribution is 2.45. The lowest BCUT2D eigenvalue weighted by Gasteiger charge is -2.28. The normalized spacial score (nSPS) is 15.3. The summed E-state index contributed by atoms with van der Waals surface area (Å²) in [5.41, 5.74) is 6.65. The van der Waals surface area contributed by atoms with Crippen LogP contribution in [0.3, 0.4) is 0 Å². The minimum absolute atomic E-state index is 0.0295. The van der Waals surface area contributed by atoms with Crippen LogP contribution in [0, 0.1) is 0 Å². The van der Waals surface area contributed by atoms with E-state index < -0.39 is 0 Å². The van der Waals surface area contributed by atoms with Crippen molar-refractivity contribution in [1.29, 1.82) is 0 Å². The van der Waals surface area contributed by atoms with E-state index in [1.54, 1.807) is 0 Å². The van der Waals surface area contributed by atoms with Crippen molar-refractivity contribution in [2.75, 3.05) is 41.8 Å². The van der Waals surface area contributed by atoms with Gasteiger partial charge in [-0.15, -0.1) is 11.3 Å². The minimum atomic E-state index is -0.119. The smallest absolute Gasteiger partial charge is 0.263 e. The minimum Gasteiger partial charge on any atom is -0.486 e. The summed E-state index contributed by atoms with van der Waals surface area (Å²) >= 11 is 3.39. The number of carbonyl (C=O) groups is 1. The molecule has 118 valence electrons. The molecule has 3 N–H and O–H groups in total. The summed E-state index contributed by atoms with van der Waals surface area (Å²) in [5.74, 6) is 2.74. The van der Waals surface area contributed by atoms with Gasteiger partial charge in [-0.1, -0.05) is 0 Å². The Morgan fingerprint density at radius 3 is 2.67 bits per heavy atom. The van der Waals surface area contributed by atoms with E-state index in [9.17, 15) is 4.79 Å². The SMILES string of the molecule is CCNC(=O)c1sc(N2CCSCC2)c(OC(C)C)c1N. The van der Waals surface area contributed by atoms with E-state index in [1.807, 2.05) is 32.5 Å². The molecule has 0 bridgehead atoms. The number of anilines is 2. The van der Waals surface area contributed by atoms with Crippen molar-refractivity contribution in [3.05, 3.63) is 4.88 Å². The highest BCUT2D eigenvalue weighted by Gasteiger charge is 2.26. The number of hydrogen-bond acceptors (Lipinski definition) is 6. The van der Waals surface area contributed by atoms with E-state index in [0.717, 1.165) is 29.6 Å². The first-order valence-corrected chi connectivity index (χ1v) is 9.21. The van der Waals surface area contributed by atoms with Gasteiger partial charge in [-0.2, -0.15) is 11.8 Å². The molecule has 0 unspecified atom stereocenters. The predicted octanol–water partition coefficient (Wildman–Crippen LogP) is 2.42. The lowest BCUT2D eigenvalue weighted by atomic mass is 10.3. The molecule has 0 atom stereocenters. The summed E-state index contributed by atoms with van der Waals surface area (Å²) in [6.07, 6.45) is 0.0295. The molecule has 1 aromatic rings. The van der Waals surface area contributed by atoms with E-state index in [2.05, 4.69) is 10.2 Å². The molecule has 2 heterocycles. The zero-order chi connectivity index (χ0) is 15.4. The number of carbonyl (C=O) groups excluding carboxylic acids is 1. The van der Waals surface area contributed by atoms with Gasteiger partial charge in [0.25, 0.3) is 5.91 Å². The molecule has 0 saturated carbocycles. The molecule has 0 radical (unpaired) electrons. The molecule has 1 saturated heterocycles. The fourth-order valence-electron chi connectivity index (χ4n) is 2.15. The Labute approximate surface area is 134 Å². The number of hydrogen-bond donors (Lipinski definition) is 2. The van der Waals surface area contributed by atoms with Gasteiger partial charge in [0, 0.05) is 31.1 Å². The number of ether oxygens (including phenoxy) is 1. The Bertz CT molecular complexity index is 497. The maximum absolute atomic E-state index is 12.1. The molecular formula is C14H23N3O2S2. The topological polar surface area (TPSA) is 67.6 Å². The molecule has 2 rings (SSSR count). The van der Waals surface area contributed by atoms with Gasteiger partial charge in [0.15, 0.2) is 5.75 Å². The van der Waals surface area contributed by atoms with Gasteiger partial charge in [-0.25, -0.2) is 0 Å². The van der Waals surface area contributed by atoms with E-state index in [1.165, 1.54) is 11.3 Å². The fourth-order valence-corrected chi connectivity index (χ4v) is 4.18. The molecule has 1 aliphatic heterocycles. The van der Waals surface area contributed by atoms with Gasteiger partial charge < -0.3 is 20.7 Å². The molecule has 1 amide bonds. The highest BCUT2D eigenvalue weighted by atomic mass is 32.2. The van der Waals surface area contributed by atoms with Gasteiger partial charge in [-0.3, -0.25) is 4.79 Å². The average molecular weight is 329 g/mol. The Balaban J connectivity index is 2.36. The van der Waals surface area contributed by atoms with Crippen molar-refractivity contribution in [1.82, 2.24) is 5.32 Å². The number of rotatable bonds is 5. The number of nitrogens with one attached hydrogen (secondary N) is 1. The highest BCUT2D eigenvalue weighted by molar-refractivity contribution is 7.99. The van der Waals surface area contributed by atoms with E-state index >= 15 is 0 Å². The molecule has 1 aliphatic rings. The third-order valence-electron chi connectivity index (χ3n) is 3.08. The largest absolute Gasteiger partial charge is 0.486 e. The van der Waals surface area contributed by atoms with Crippen LogP contribution < -0.4 is 20.7 Å². The van der Waals surface area contributed by atoms with Crippen LogP contribution in [0.25, 0.3) is 0 Å². The lowest BCUT2D eigenvalue weighted by Crippen LogP contribution is -2.32. The van der Waals surface area contributed by atoms with Crippen LogP contribution in [0.5, 0.6) is 5.75 Å². The van der Waals surface area contributed by atoms with Gasteiger partial charge in [0.2, 0.25) is 0 Å². The summed E-state index contributed by atoms with van der Waals surface area (Å²) in [6.45, 7) is 8.36. The second kappa shape index (κ2) is 7.26. The van der Waals surface area contributed by atoms with Crippen molar-refractivity contribution in [2.45, 2.75) is 26.9 Å². The third kappa shape index (κ3) is 3.77. The average Bonchev–Trinajstić information content (AvgIpc) is 2.77. The first-order valence-electron chi connectivity index (χ1n) is 7.24. The van der Waals surface area contributed by atoms with E-state index in [-0.39, 0.29) is 12.0 Å². The van der Waals surface area contributed by atoms with Crippen molar-refractivity contribution in [3.8, 4) is 5.75 Å². The van der Waals surface area contributed by atoms with Crippen LogP contribution in [-0.4, -0.2) is 43.2 Å². The molecule has 0 aromatic carbocycles.